The molecule has 0 atom stereocenters. The number of ether oxygens (including phenoxy) is 1. The van der Waals surface area contributed by atoms with Gasteiger partial charge in [-0.15, -0.1) is 0 Å². The van der Waals surface area contributed by atoms with Crippen LogP contribution in [0.25, 0.3) is 0 Å². The number of nitrogens with two attached hydrogens (primary N) is 1. The molecular formula is C20H32F2N2O3. The Bertz CT molecular complexity index is 622. The molecule has 1 aromatic carbocycles. The van der Waals surface area contributed by atoms with Gasteiger partial charge in [0.1, 0.15) is 5.60 Å². The molecule has 2 rings (SSSR count). The summed E-state index contributed by atoms with van der Waals surface area (Å²) in [7, 11) is 0. The van der Waals surface area contributed by atoms with Gasteiger partial charge in [0.15, 0.2) is 0 Å². The van der Waals surface area contributed by atoms with Crippen LogP contribution in [-0.2, 0) is 9.53 Å². The Morgan fingerprint density at radius 2 is 1.85 bits per heavy atom. The first-order chi connectivity index (χ1) is 12.5. The van der Waals surface area contributed by atoms with Gasteiger partial charge in [0.25, 0.3) is 6.43 Å². The molecule has 5 nitrogen and oxygen atoms in total. The predicted octanol–water partition coefficient (Wildman–Crippen LogP) is 4.30. The molecule has 0 spiro atoms. The van der Waals surface area contributed by atoms with Crippen LogP contribution in [0.2, 0.25) is 0 Å². The number of halogens is 2. The number of alkyl halides is 2. The predicted molar refractivity (Wildman–Crippen MR) is 104 cm³/mol. The van der Waals surface area contributed by atoms with E-state index in [1.165, 1.54) is 6.07 Å². The van der Waals surface area contributed by atoms with Crippen LogP contribution < -0.4 is 10.6 Å². The summed E-state index contributed by atoms with van der Waals surface area (Å²) in [4.78, 5) is 13.8. The summed E-state index contributed by atoms with van der Waals surface area (Å²) in [5, 5.41) is 10.6. The number of benzene rings is 1. The van der Waals surface area contributed by atoms with E-state index in [4.69, 9.17) is 10.5 Å². The molecule has 154 valence electrons. The minimum Gasteiger partial charge on any atom is -0.460 e. The maximum Gasteiger partial charge on any atom is 0.309 e. The second-order valence-electron chi connectivity index (χ2n) is 7.59. The topological polar surface area (TPSA) is 75.8 Å². The van der Waals surface area contributed by atoms with E-state index in [2.05, 4.69) is 0 Å². The number of carbonyl (C=O) groups excluding carboxylic acids is 1. The van der Waals surface area contributed by atoms with Gasteiger partial charge in [0.05, 0.1) is 12.0 Å². The van der Waals surface area contributed by atoms with Gasteiger partial charge in [-0.3, -0.25) is 4.79 Å². The Balaban J connectivity index is 0.00000176. The van der Waals surface area contributed by atoms with Crippen LogP contribution in [0, 0.1) is 0 Å². The zero-order valence-electron chi connectivity index (χ0n) is 16.9. The Hall–Kier alpha value is -1.89. The molecule has 0 aliphatic carbocycles. The van der Waals surface area contributed by atoms with E-state index >= 15 is 0 Å². The van der Waals surface area contributed by atoms with Crippen LogP contribution >= 0.6 is 0 Å². The Morgan fingerprint density at radius 1 is 1.30 bits per heavy atom. The average molecular weight is 386 g/mol. The van der Waals surface area contributed by atoms with E-state index < -0.39 is 23.6 Å². The van der Waals surface area contributed by atoms with Gasteiger partial charge < -0.3 is 20.5 Å². The number of aliphatic hydroxyl groups is 1. The number of rotatable bonds is 4. The maximum atomic E-state index is 13.3. The zero-order chi connectivity index (χ0) is 20.8. The van der Waals surface area contributed by atoms with E-state index in [9.17, 15) is 18.7 Å². The second-order valence-corrected chi connectivity index (χ2v) is 7.59. The molecule has 0 unspecified atom stereocenters. The fourth-order valence-electron chi connectivity index (χ4n) is 3.02. The van der Waals surface area contributed by atoms with Crippen molar-refractivity contribution in [2.45, 2.75) is 71.5 Å². The maximum absolute atomic E-state index is 13.3. The fraction of sp³-hybridized carbons (Fsp3) is 0.650. The smallest absolute Gasteiger partial charge is 0.309 e. The minimum atomic E-state index is -2.62. The lowest BCUT2D eigenvalue weighted by molar-refractivity contribution is -0.161. The highest BCUT2D eigenvalue weighted by Crippen LogP contribution is 2.35. The lowest BCUT2D eigenvalue weighted by atomic mass is 9.87. The Kier molecular flexibility index (Phi) is 8.02. The van der Waals surface area contributed by atoms with Crippen LogP contribution in [-0.4, -0.2) is 35.4 Å². The van der Waals surface area contributed by atoms with Gasteiger partial charge in [-0.25, -0.2) is 8.78 Å². The van der Waals surface area contributed by atoms with Crippen LogP contribution in [0.1, 0.15) is 65.9 Å². The molecule has 1 heterocycles. The van der Waals surface area contributed by atoms with Crippen molar-refractivity contribution in [3.05, 3.63) is 23.8 Å². The number of hydrogen-bond acceptors (Lipinski definition) is 5. The SMILES string of the molecule is CC.CC(C)(C)OC(=O)CC1(O)CCN(c2ccc(N)cc2C(F)F)CC1. The summed E-state index contributed by atoms with van der Waals surface area (Å²) in [6, 6.07) is 4.44. The third kappa shape index (κ3) is 6.97. The highest BCUT2D eigenvalue weighted by atomic mass is 19.3. The lowest BCUT2D eigenvalue weighted by Gasteiger charge is -2.39. The first-order valence-corrected chi connectivity index (χ1v) is 9.36. The summed E-state index contributed by atoms with van der Waals surface area (Å²) in [5.41, 5.74) is 4.42. The first kappa shape index (κ1) is 23.1. The summed E-state index contributed by atoms with van der Waals surface area (Å²) in [6.45, 7) is 10.1. The third-order valence-corrected chi connectivity index (χ3v) is 4.21. The van der Waals surface area contributed by atoms with E-state index in [0.717, 1.165) is 0 Å². The molecule has 1 aliphatic rings. The van der Waals surface area contributed by atoms with E-state index in [-0.39, 0.29) is 17.7 Å². The number of nitrogen functional groups attached to an aromatic ring is 1. The van der Waals surface area contributed by atoms with E-state index in [0.29, 0.717) is 31.6 Å². The molecule has 1 fully saturated rings. The number of nitrogens with zero attached hydrogens (tertiary/aromatic N) is 1. The molecular weight excluding hydrogens is 354 g/mol. The Labute approximate surface area is 160 Å². The van der Waals surface area contributed by atoms with Crippen molar-refractivity contribution in [2.75, 3.05) is 23.7 Å². The molecule has 0 radical (unpaired) electrons. The van der Waals surface area contributed by atoms with E-state index in [1.807, 2.05) is 13.8 Å². The Morgan fingerprint density at radius 3 is 2.33 bits per heavy atom. The van der Waals surface area contributed by atoms with Crippen LogP contribution in [0.5, 0.6) is 0 Å². The van der Waals surface area contributed by atoms with Gasteiger partial charge in [-0.05, 0) is 51.8 Å². The summed E-state index contributed by atoms with van der Waals surface area (Å²) in [5.74, 6) is -0.454. The quantitative estimate of drug-likeness (QED) is 0.596. The molecule has 27 heavy (non-hydrogen) atoms. The minimum absolute atomic E-state index is 0.0957. The van der Waals surface area contributed by atoms with Crippen molar-refractivity contribution in [1.82, 2.24) is 0 Å². The molecule has 0 saturated carbocycles. The monoisotopic (exact) mass is 386 g/mol. The number of piperidine rings is 1. The van der Waals surface area contributed by atoms with Crippen LogP contribution in [0.3, 0.4) is 0 Å². The second kappa shape index (κ2) is 9.35. The highest BCUT2D eigenvalue weighted by Gasteiger charge is 2.36. The van der Waals surface area contributed by atoms with Crippen LogP contribution in [0.15, 0.2) is 18.2 Å². The van der Waals surface area contributed by atoms with Gasteiger partial charge in [0.2, 0.25) is 0 Å². The van der Waals surface area contributed by atoms with Gasteiger partial charge in [0, 0.05) is 30.0 Å². The zero-order valence-corrected chi connectivity index (χ0v) is 16.9. The number of carbonyl (C=O) groups is 1. The average Bonchev–Trinajstić information content (AvgIpc) is 2.55. The largest absolute Gasteiger partial charge is 0.460 e. The van der Waals surface area contributed by atoms with E-state index in [1.54, 1.807) is 37.8 Å². The van der Waals surface area contributed by atoms with Crippen molar-refractivity contribution < 1.29 is 23.4 Å². The van der Waals surface area contributed by atoms with Crippen molar-refractivity contribution in [2.24, 2.45) is 0 Å². The van der Waals surface area contributed by atoms with Crippen LogP contribution in [0.4, 0.5) is 20.2 Å². The van der Waals surface area contributed by atoms with Gasteiger partial charge >= 0.3 is 5.97 Å². The summed E-state index contributed by atoms with van der Waals surface area (Å²) >= 11 is 0. The molecule has 1 saturated heterocycles. The van der Waals surface area contributed by atoms with Crippen molar-refractivity contribution in [3.63, 3.8) is 0 Å². The molecule has 1 aliphatic heterocycles. The molecule has 3 N–H and O–H groups in total. The number of anilines is 2. The van der Waals surface area contributed by atoms with Crippen molar-refractivity contribution in [3.8, 4) is 0 Å². The molecule has 0 aromatic heterocycles. The first-order valence-electron chi connectivity index (χ1n) is 9.36. The molecule has 0 bridgehead atoms. The van der Waals surface area contributed by atoms with Gasteiger partial charge in [-0.1, -0.05) is 13.8 Å². The number of esters is 1. The normalized spacial score (nSPS) is 16.6. The van der Waals surface area contributed by atoms with Crippen molar-refractivity contribution in [1.29, 1.82) is 0 Å². The summed E-state index contributed by atoms with van der Waals surface area (Å²) in [6.07, 6.45) is -2.11. The van der Waals surface area contributed by atoms with Crippen molar-refractivity contribution >= 4 is 17.3 Å². The molecule has 1 aromatic rings. The molecule has 0 amide bonds. The standard InChI is InChI=1S/C18H26F2N2O3.C2H6/c1-17(2,3)25-15(23)11-18(24)6-8-22(9-7-18)14-5-4-12(21)10-13(14)16(19)20;1-2/h4-5,10,16,24H,6-9,11,21H2,1-3H3;1-2H3. The third-order valence-electron chi connectivity index (χ3n) is 4.21. The lowest BCUT2D eigenvalue weighted by Crippen LogP contribution is -2.46. The summed E-state index contributed by atoms with van der Waals surface area (Å²) < 4.78 is 31.8. The molecule has 7 heteroatoms. The van der Waals surface area contributed by atoms with Gasteiger partial charge in [-0.2, -0.15) is 0 Å². The number of hydrogen-bond donors (Lipinski definition) is 2. The highest BCUT2D eigenvalue weighted by molar-refractivity contribution is 5.71. The fourth-order valence-corrected chi connectivity index (χ4v) is 3.02.